The van der Waals surface area contributed by atoms with Crippen LogP contribution in [-0.4, -0.2) is 17.9 Å². The van der Waals surface area contributed by atoms with E-state index in [-0.39, 0.29) is 24.3 Å². The molecule has 1 atom stereocenters. The Bertz CT molecular complexity index is 801. The van der Waals surface area contributed by atoms with Crippen molar-refractivity contribution in [3.8, 4) is 0 Å². The van der Waals surface area contributed by atoms with Crippen molar-refractivity contribution in [3.63, 3.8) is 0 Å². The Labute approximate surface area is 171 Å². The zero-order valence-electron chi connectivity index (χ0n) is 16.2. The Morgan fingerprint density at radius 1 is 1.00 bits per heavy atom. The summed E-state index contributed by atoms with van der Waals surface area (Å²) in [6, 6.07) is 16.3. The monoisotopic (exact) mass is 398 g/mol. The van der Waals surface area contributed by atoms with Crippen LogP contribution < -0.4 is 10.6 Å². The van der Waals surface area contributed by atoms with Crippen LogP contribution in [0.2, 0.25) is 5.02 Å². The van der Waals surface area contributed by atoms with Crippen molar-refractivity contribution < 1.29 is 9.59 Å². The second-order valence-corrected chi connectivity index (χ2v) is 8.05. The van der Waals surface area contributed by atoms with Crippen LogP contribution in [0, 0.1) is 5.92 Å². The first-order valence-electron chi connectivity index (χ1n) is 9.92. The molecule has 3 rings (SSSR count). The van der Waals surface area contributed by atoms with Gasteiger partial charge >= 0.3 is 0 Å². The average Bonchev–Trinajstić information content (AvgIpc) is 2.70. The highest BCUT2D eigenvalue weighted by Gasteiger charge is 2.23. The van der Waals surface area contributed by atoms with Crippen LogP contribution in [0.3, 0.4) is 0 Å². The van der Waals surface area contributed by atoms with E-state index < -0.39 is 6.04 Å². The van der Waals surface area contributed by atoms with Gasteiger partial charge in [-0.25, -0.2) is 0 Å². The first kappa shape index (κ1) is 20.4. The molecule has 1 aliphatic carbocycles. The Kier molecular flexibility index (Phi) is 7.10. The maximum atomic E-state index is 12.7. The SMILES string of the molecule is CC1CCC(NC(=O)CC(NC(=O)c2ccccc2Cl)c2ccccc2)CC1. The van der Waals surface area contributed by atoms with E-state index in [0.717, 1.165) is 37.2 Å². The third-order valence-electron chi connectivity index (χ3n) is 5.40. The maximum Gasteiger partial charge on any atom is 0.253 e. The highest BCUT2D eigenvalue weighted by Crippen LogP contribution is 2.24. The third kappa shape index (κ3) is 5.59. The normalized spacial score (nSPS) is 20.2. The van der Waals surface area contributed by atoms with Gasteiger partial charge in [0, 0.05) is 6.04 Å². The van der Waals surface area contributed by atoms with Gasteiger partial charge in [-0.1, -0.05) is 61.0 Å². The predicted molar refractivity (Wildman–Crippen MR) is 112 cm³/mol. The Morgan fingerprint density at radius 3 is 2.32 bits per heavy atom. The number of carbonyl (C=O) groups excluding carboxylic acids is 2. The summed E-state index contributed by atoms with van der Waals surface area (Å²) in [4.78, 5) is 25.4. The Hall–Kier alpha value is -2.33. The quantitative estimate of drug-likeness (QED) is 0.727. The summed E-state index contributed by atoms with van der Waals surface area (Å²) in [5.74, 6) is 0.423. The lowest BCUT2D eigenvalue weighted by Crippen LogP contribution is -2.40. The average molecular weight is 399 g/mol. The van der Waals surface area contributed by atoms with Gasteiger partial charge in [0.2, 0.25) is 5.91 Å². The highest BCUT2D eigenvalue weighted by molar-refractivity contribution is 6.33. The molecule has 1 aliphatic rings. The molecule has 2 aromatic rings. The molecular weight excluding hydrogens is 372 g/mol. The van der Waals surface area contributed by atoms with E-state index in [1.165, 1.54) is 0 Å². The zero-order valence-corrected chi connectivity index (χ0v) is 16.9. The molecule has 1 unspecified atom stereocenters. The number of carbonyl (C=O) groups is 2. The smallest absolute Gasteiger partial charge is 0.253 e. The van der Waals surface area contributed by atoms with E-state index in [2.05, 4.69) is 17.6 Å². The molecule has 0 spiro atoms. The number of benzene rings is 2. The van der Waals surface area contributed by atoms with Crippen LogP contribution >= 0.6 is 11.6 Å². The van der Waals surface area contributed by atoms with Crippen molar-refractivity contribution in [2.45, 2.75) is 51.1 Å². The molecule has 4 nitrogen and oxygen atoms in total. The molecule has 0 aliphatic heterocycles. The van der Waals surface area contributed by atoms with Gasteiger partial charge in [-0.2, -0.15) is 0 Å². The van der Waals surface area contributed by atoms with Crippen molar-refractivity contribution >= 4 is 23.4 Å². The van der Waals surface area contributed by atoms with Crippen molar-refractivity contribution in [2.24, 2.45) is 5.92 Å². The van der Waals surface area contributed by atoms with Gasteiger partial charge in [0.15, 0.2) is 0 Å². The van der Waals surface area contributed by atoms with Crippen molar-refractivity contribution in [2.75, 3.05) is 0 Å². The van der Waals surface area contributed by atoms with Crippen LogP contribution in [0.25, 0.3) is 0 Å². The largest absolute Gasteiger partial charge is 0.353 e. The number of nitrogens with one attached hydrogen (secondary N) is 2. The number of hydrogen-bond acceptors (Lipinski definition) is 2. The highest BCUT2D eigenvalue weighted by atomic mass is 35.5. The van der Waals surface area contributed by atoms with Crippen LogP contribution in [0.4, 0.5) is 0 Å². The first-order chi connectivity index (χ1) is 13.5. The minimum Gasteiger partial charge on any atom is -0.353 e. The Morgan fingerprint density at radius 2 is 1.64 bits per heavy atom. The molecule has 1 saturated carbocycles. The summed E-state index contributed by atoms with van der Waals surface area (Å²) in [5, 5.41) is 6.53. The van der Waals surface area contributed by atoms with Gasteiger partial charge in [-0.3, -0.25) is 9.59 Å². The lowest BCUT2D eigenvalue weighted by molar-refractivity contribution is -0.122. The molecule has 2 N–H and O–H groups in total. The van der Waals surface area contributed by atoms with Crippen molar-refractivity contribution in [1.82, 2.24) is 10.6 Å². The summed E-state index contributed by atoms with van der Waals surface area (Å²) in [6.07, 6.45) is 4.54. The van der Waals surface area contributed by atoms with Crippen molar-refractivity contribution in [1.29, 1.82) is 0 Å². The topological polar surface area (TPSA) is 58.2 Å². The first-order valence-corrected chi connectivity index (χ1v) is 10.3. The molecule has 0 aromatic heterocycles. The fraction of sp³-hybridized carbons (Fsp3) is 0.391. The van der Waals surface area contributed by atoms with Gasteiger partial charge in [0.05, 0.1) is 23.0 Å². The molecule has 0 radical (unpaired) electrons. The minimum absolute atomic E-state index is 0.0344. The fourth-order valence-corrected chi connectivity index (χ4v) is 3.92. The molecular formula is C23H27ClN2O2. The van der Waals surface area contributed by atoms with E-state index in [1.54, 1.807) is 24.3 Å². The number of hydrogen-bond donors (Lipinski definition) is 2. The van der Waals surface area contributed by atoms with Crippen LogP contribution in [0.15, 0.2) is 54.6 Å². The van der Waals surface area contributed by atoms with Crippen LogP contribution in [0.5, 0.6) is 0 Å². The van der Waals surface area contributed by atoms with Gasteiger partial charge in [0.1, 0.15) is 0 Å². The second kappa shape index (κ2) is 9.74. The summed E-state index contributed by atoms with van der Waals surface area (Å²) in [7, 11) is 0. The molecule has 28 heavy (non-hydrogen) atoms. The second-order valence-electron chi connectivity index (χ2n) is 7.65. The molecule has 148 valence electrons. The molecule has 5 heteroatoms. The Balaban J connectivity index is 1.68. The molecule has 0 heterocycles. The molecule has 0 saturated heterocycles. The van der Waals surface area contributed by atoms with Gasteiger partial charge in [-0.15, -0.1) is 0 Å². The summed E-state index contributed by atoms with van der Waals surface area (Å²) in [5.41, 5.74) is 1.31. The molecule has 1 fully saturated rings. The number of rotatable bonds is 6. The summed E-state index contributed by atoms with van der Waals surface area (Å²) in [6.45, 7) is 2.26. The maximum absolute atomic E-state index is 12.7. The number of halogens is 1. The molecule has 0 bridgehead atoms. The van der Waals surface area contributed by atoms with E-state index in [4.69, 9.17) is 11.6 Å². The lowest BCUT2D eigenvalue weighted by Gasteiger charge is -2.28. The minimum atomic E-state index is -0.410. The predicted octanol–water partition coefficient (Wildman–Crippen LogP) is 4.90. The van der Waals surface area contributed by atoms with E-state index in [0.29, 0.717) is 10.6 Å². The lowest BCUT2D eigenvalue weighted by atomic mass is 9.87. The van der Waals surface area contributed by atoms with Crippen molar-refractivity contribution in [3.05, 3.63) is 70.7 Å². The fourth-order valence-electron chi connectivity index (χ4n) is 3.70. The summed E-state index contributed by atoms with van der Waals surface area (Å²) >= 11 is 6.15. The van der Waals surface area contributed by atoms with E-state index in [1.807, 2.05) is 30.3 Å². The van der Waals surface area contributed by atoms with Gasteiger partial charge < -0.3 is 10.6 Å². The van der Waals surface area contributed by atoms with E-state index in [9.17, 15) is 9.59 Å². The standard InChI is InChI=1S/C23H27ClN2O2/c1-16-11-13-18(14-12-16)25-22(27)15-21(17-7-3-2-4-8-17)26-23(28)19-9-5-6-10-20(19)24/h2-10,16,18,21H,11-15H2,1H3,(H,25,27)(H,26,28). The van der Waals surface area contributed by atoms with Crippen LogP contribution in [0.1, 0.15) is 61.0 Å². The van der Waals surface area contributed by atoms with Gasteiger partial charge in [-0.05, 0) is 49.3 Å². The molecule has 2 amide bonds. The van der Waals surface area contributed by atoms with Crippen LogP contribution in [-0.2, 0) is 4.79 Å². The van der Waals surface area contributed by atoms with Gasteiger partial charge in [0.25, 0.3) is 5.91 Å². The summed E-state index contributed by atoms with van der Waals surface area (Å²) < 4.78 is 0. The van der Waals surface area contributed by atoms with E-state index >= 15 is 0 Å². The number of amides is 2. The molecule has 2 aromatic carbocycles. The zero-order chi connectivity index (χ0) is 19.9. The third-order valence-corrected chi connectivity index (χ3v) is 5.73.